The van der Waals surface area contributed by atoms with Gasteiger partial charge in [-0.2, -0.15) is 0 Å². The molecule has 3 aromatic rings. The number of carbonyl (C=O) groups excluding carboxylic acids is 1. The number of nitrogens with zero attached hydrogens (tertiary/aromatic N) is 4. The number of hydrogen-bond donors (Lipinski definition) is 1. The lowest BCUT2D eigenvalue weighted by Gasteiger charge is -2.14. The Morgan fingerprint density at radius 3 is 2.69 bits per heavy atom. The van der Waals surface area contributed by atoms with Gasteiger partial charge in [0.25, 0.3) is 0 Å². The van der Waals surface area contributed by atoms with Crippen LogP contribution in [-0.2, 0) is 11.2 Å². The van der Waals surface area contributed by atoms with Crippen LogP contribution in [-0.4, -0.2) is 44.5 Å². The number of nitrogen functional groups attached to an aromatic ring is 1. The molecule has 0 aliphatic carbocycles. The maximum absolute atomic E-state index is 12.2. The Kier molecular flexibility index (Phi) is 4.79. The van der Waals surface area contributed by atoms with E-state index in [1.165, 1.54) is 27.2 Å². The van der Waals surface area contributed by atoms with Crippen LogP contribution in [0, 0.1) is 0 Å². The van der Waals surface area contributed by atoms with Crippen LogP contribution in [0.25, 0.3) is 10.8 Å². The molecule has 0 bridgehead atoms. The number of amides is 1. The first-order valence-electron chi connectivity index (χ1n) is 8.79. The van der Waals surface area contributed by atoms with Gasteiger partial charge < -0.3 is 10.7 Å². The van der Waals surface area contributed by atoms with Crippen LogP contribution in [0.15, 0.2) is 47.6 Å². The van der Waals surface area contributed by atoms with Gasteiger partial charge in [-0.3, -0.25) is 4.79 Å². The maximum Gasteiger partial charge on any atom is 0.233 e. The summed E-state index contributed by atoms with van der Waals surface area (Å²) in [6.07, 6.45) is 2.79. The number of nitrogens with two attached hydrogens (primary N) is 1. The molecular formula is C19H21N5OS. The van der Waals surface area contributed by atoms with Gasteiger partial charge in [-0.1, -0.05) is 54.2 Å². The fraction of sp³-hybridized carbons (Fsp3) is 0.316. The Morgan fingerprint density at radius 1 is 1.08 bits per heavy atom. The lowest BCUT2D eigenvalue weighted by atomic mass is 10.0. The Hall–Kier alpha value is -2.54. The molecule has 7 heteroatoms. The summed E-state index contributed by atoms with van der Waals surface area (Å²) in [6, 6.07) is 14.5. The van der Waals surface area contributed by atoms with E-state index in [-0.39, 0.29) is 5.91 Å². The van der Waals surface area contributed by atoms with Crippen molar-refractivity contribution in [3.8, 4) is 0 Å². The Morgan fingerprint density at radius 2 is 1.85 bits per heavy atom. The van der Waals surface area contributed by atoms with Gasteiger partial charge in [-0.25, -0.2) is 4.68 Å². The highest BCUT2D eigenvalue weighted by atomic mass is 32.2. The van der Waals surface area contributed by atoms with Crippen molar-refractivity contribution in [3.05, 3.63) is 53.9 Å². The minimum atomic E-state index is 0.145. The zero-order valence-electron chi connectivity index (χ0n) is 14.5. The van der Waals surface area contributed by atoms with Crippen LogP contribution in [0.4, 0.5) is 0 Å². The average molecular weight is 367 g/mol. The summed E-state index contributed by atoms with van der Waals surface area (Å²) >= 11 is 1.35. The second kappa shape index (κ2) is 7.37. The van der Waals surface area contributed by atoms with Crippen LogP contribution < -0.4 is 5.84 Å². The predicted octanol–water partition coefficient (Wildman–Crippen LogP) is 2.45. The van der Waals surface area contributed by atoms with Gasteiger partial charge in [0.15, 0.2) is 5.82 Å². The molecular weight excluding hydrogens is 346 g/mol. The molecule has 1 aliphatic heterocycles. The van der Waals surface area contributed by atoms with E-state index in [9.17, 15) is 4.79 Å². The van der Waals surface area contributed by atoms with Crippen molar-refractivity contribution in [1.29, 1.82) is 0 Å². The SMILES string of the molecule is Nn1c(Cc2cccc3ccccc23)nnc1SCC(=O)N1CCCC1. The highest BCUT2D eigenvalue weighted by Crippen LogP contribution is 2.22. The standard InChI is InChI=1S/C19H21N5OS/c20-24-17(12-15-8-5-7-14-6-1-2-9-16(14)15)21-22-19(24)26-13-18(25)23-10-3-4-11-23/h1-2,5-9H,3-4,10-13,20H2. The maximum atomic E-state index is 12.2. The van der Waals surface area contributed by atoms with Crippen molar-refractivity contribution in [1.82, 2.24) is 19.8 Å². The van der Waals surface area contributed by atoms with Crippen molar-refractivity contribution in [2.24, 2.45) is 0 Å². The monoisotopic (exact) mass is 367 g/mol. The molecule has 0 saturated carbocycles. The van der Waals surface area contributed by atoms with Crippen LogP contribution in [0.2, 0.25) is 0 Å². The lowest BCUT2D eigenvalue weighted by molar-refractivity contribution is -0.127. The molecule has 26 heavy (non-hydrogen) atoms. The number of carbonyl (C=O) groups is 1. The van der Waals surface area contributed by atoms with Crippen LogP contribution >= 0.6 is 11.8 Å². The molecule has 0 atom stereocenters. The van der Waals surface area contributed by atoms with Gasteiger partial charge in [-0.05, 0) is 29.2 Å². The van der Waals surface area contributed by atoms with E-state index >= 15 is 0 Å². The average Bonchev–Trinajstić information content (AvgIpc) is 3.32. The van der Waals surface area contributed by atoms with Gasteiger partial charge in [0.2, 0.25) is 11.1 Å². The molecule has 1 aromatic heterocycles. The molecule has 1 amide bonds. The first-order valence-corrected chi connectivity index (χ1v) is 9.77. The molecule has 2 N–H and O–H groups in total. The van der Waals surface area contributed by atoms with Gasteiger partial charge in [0, 0.05) is 19.5 Å². The van der Waals surface area contributed by atoms with Crippen LogP contribution in [0.3, 0.4) is 0 Å². The third-order valence-corrected chi connectivity index (χ3v) is 5.67. The Balaban J connectivity index is 1.47. The predicted molar refractivity (Wildman–Crippen MR) is 103 cm³/mol. The Labute approximate surface area is 156 Å². The van der Waals surface area contributed by atoms with Crippen molar-refractivity contribution in [3.63, 3.8) is 0 Å². The fourth-order valence-corrected chi connectivity index (χ4v) is 4.11. The summed E-state index contributed by atoms with van der Waals surface area (Å²) in [7, 11) is 0. The quantitative estimate of drug-likeness (QED) is 0.554. The molecule has 2 aromatic carbocycles. The third kappa shape index (κ3) is 3.39. The summed E-state index contributed by atoms with van der Waals surface area (Å²) < 4.78 is 1.50. The topological polar surface area (TPSA) is 77.0 Å². The zero-order chi connectivity index (χ0) is 17.9. The minimum Gasteiger partial charge on any atom is -0.342 e. The normalized spacial score (nSPS) is 14.2. The van der Waals surface area contributed by atoms with Gasteiger partial charge in [-0.15, -0.1) is 10.2 Å². The van der Waals surface area contributed by atoms with E-state index in [1.807, 2.05) is 23.1 Å². The number of likely N-dealkylation sites (tertiary alicyclic amines) is 1. The van der Waals surface area contributed by atoms with E-state index in [2.05, 4.69) is 34.5 Å². The molecule has 1 fully saturated rings. The fourth-order valence-electron chi connectivity index (χ4n) is 3.33. The van der Waals surface area contributed by atoms with Crippen molar-refractivity contribution >= 4 is 28.4 Å². The van der Waals surface area contributed by atoms with E-state index in [0.717, 1.165) is 31.5 Å². The highest BCUT2D eigenvalue weighted by Gasteiger charge is 2.19. The van der Waals surface area contributed by atoms with Gasteiger partial charge >= 0.3 is 0 Å². The van der Waals surface area contributed by atoms with Crippen LogP contribution in [0.5, 0.6) is 0 Å². The van der Waals surface area contributed by atoms with E-state index in [4.69, 9.17) is 5.84 Å². The van der Waals surface area contributed by atoms with E-state index in [1.54, 1.807) is 0 Å². The van der Waals surface area contributed by atoms with E-state index < -0.39 is 0 Å². The molecule has 134 valence electrons. The second-order valence-corrected chi connectivity index (χ2v) is 7.40. The zero-order valence-corrected chi connectivity index (χ0v) is 15.3. The first kappa shape index (κ1) is 16.9. The van der Waals surface area contributed by atoms with Crippen molar-refractivity contribution in [2.75, 3.05) is 24.7 Å². The second-order valence-electron chi connectivity index (χ2n) is 6.46. The number of aromatic nitrogens is 3. The smallest absolute Gasteiger partial charge is 0.233 e. The summed E-state index contributed by atoms with van der Waals surface area (Å²) in [5.74, 6) is 7.37. The molecule has 4 rings (SSSR count). The molecule has 1 saturated heterocycles. The molecule has 2 heterocycles. The largest absolute Gasteiger partial charge is 0.342 e. The molecule has 0 spiro atoms. The summed E-state index contributed by atoms with van der Waals surface area (Å²) in [6.45, 7) is 1.72. The summed E-state index contributed by atoms with van der Waals surface area (Å²) in [5, 5.41) is 11.4. The Bertz CT molecular complexity index is 927. The van der Waals surface area contributed by atoms with Gasteiger partial charge in [0.1, 0.15) is 0 Å². The van der Waals surface area contributed by atoms with Crippen molar-refractivity contribution in [2.45, 2.75) is 24.4 Å². The number of rotatable bonds is 5. The molecule has 1 aliphatic rings. The number of hydrogen-bond acceptors (Lipinski definition) is 5. The van der Waals surface area contributed by atoms with Crippen molar-refractivity contribution < 1.29 is 4.79 Å². The number of benzene rings is 2. The van der Waals surface area contributed by atoms with E-state index in [0.29, 0.717) is 23.2 Å². The minimum absolute atomic E-state index is 0.145. The number of thioether (sulfide) groups is 1. The highest BCUT2D eigenvalue weighted by molar-refractivity contribution is 7.99. The molecule has 0 unspecified atom stereocenters. The molecule has 0 radical (unpaired) electrons. The summed E-state index contributed by atoms with van der Waals surface area (Å²) in [5.41, 5.74) is 1.16. The molecule has 6 nitrogen and oxygen atoms in total. The summed E-state index contributed by atoms with van der Waals surface area (Å²) in [4.78, 5) is 14.1. The first-order chi connectivity index (χ1) is 12.7. The number of fused-ring (bicyclic) bond motifs is 1. The van der Waals surface area contributed by atoms with Gasteiger partial charge in [0.05, 0.1) is 5.75 Å². The lowest BCUT2D eigenvalue weighted by Crippen LogP contribution is -2.29. The third-order valence-electron chi connectivity index (χ3n) is 4.75. The van der Waals surface area contributed by atoms with Crippen LogP contribution in [0.1, 0.15) is 24.2 Å².